The molecule has 0 aliphatic rings. The minimum absolute atomic E-state index is 0.243. The maximum Gasteiger partial charge on any atom is 0.220 e. The summed E-state index contributed by atoms with van der Waals surface area (Å²) < 4.78 is 0. The molecule has 0 aromatic rings. The quantitative estimate of drug-likeness (QED) is 0.0308. The molecule has 388 valence electrons. The van der Waals surface area contributed by atoms with Crippen molar-refractivity contribution in [1.29, 1.82) is 0 Å². The van der Waals surface area contributed by atoms with Crippen LogP contribution in [0.1, 0.15) is 328 Å². The zero-order valence-electron chi connectivity index (χ0n) is 44.0. The van der Waals surface area contributed by atoms with Crippen molar-refractivity contribution in [3.8, 4) is 0 Å². The summed E-state index contributed by atoms with van der Waals surface area (Å²) in [4.78, 5) is 12.5. The van der Waals surface area contributed by atoms with Crippen LogP contribution in [0.3, 0.4) is 0 Å². The minimum Gasteiger partial charge on any atom is -0.394 e. The number of nitrogens with one attached hydrogen (secondary N) is 1. The lowest BCUT2D eigenvalue weighted by Crippen LogP contribution is -2.53. The van der Waals surface area contributed by atoms with Gasteiger partial charge in [0.2, 0.25) is 5.91 Å². The lowest BCUT2D eigenvalue weighted by Gasteiger charge is -2.29. The van der Waals surface area contributed by atoms with E-state index in [1.54, 1.807) is 0 Å². The fourth-order valence-corrected chi connectivity index (χ4v) is 9.59. The van der Waals surface area contributed by atoms with Crippen LogP contribution in [0.4, 0.5) is 0 Å². The average Bonchev–Trinajstić information content (AvgIpc) is 3.31. The van der Waals surface area contributed by atoms with Gasteiger partial charge in [-0.2, -0.15) is 0 Å². The van der Waals surface area contributed by atoms with Crippen LogP contribution in [0, 0.1) is 0 Å². The standard InChI is InChI=1S/C59H117NO5/c1-3-5-7-9-11-13-15-17-19-21-23-25-26-27-28-29-30-31-33-34-36-38-40-42-44-46-48-50-52-56(62)59(65)58(64)55(54-61)60-57(63)53-51-49-47-45-43-41-39-37-35-32-24-22-20-18-16-14-12-10-8-6-4-2/h43,45,55-56,58-59,61-62,64-65H,3-42,44,46-54H2,1-2H3,(H,60,63). The second-order valence-electron chi connectivity index (χ2n) is 20.7. The average molecular weight is 921 g/mol. The van der Waals surface area contributed by atoms with Crippen LogP contribution in [-0.2, 0) is 4.79 Å². The van der Waals surface area contributed by atoms with Gasteiger partial charge in [-0.05, 0) is 38.5 Å². The van der Waals surface area contributed by atoms with E-state index in [9.17, 15) is 25.2 Å². The summed E-state index contributed by atoms with van der Waals surface area (Å²) in [5.41, 5.74) is 0. The van der Waals surface area contributed by atoms with Gasteiger partial charge in [0.1, 0.15) is 12.2 Å². The molecule has 0 aromatic heterocycles. The number of aliphatic hydroxyl groups is 4. The lowest BCUT2D eigenvalue weighted by atomic mass is 9.97. The molecule has 6 nitrogen and oxygen atoms in total. The number of rotatable bonds is 55. The summed E-state index contributed by atoms with van der Waals surface area (Å²) in [5.74, 6) is -0.243. The second kappa shape index (κ2) is 54.0. The van der Waals surface area contributed by atoms with Gasteiger partial charge in [-0.3, -0.25) is 4.79 Å². The van der Waals surface area contributed by atoms with Crippen molar-refractivity contribution in [3.05, 3.63) is 12.2 Å². The van der Waals surface area contributed by atoms with Crippen molar-refractivity contribution in [2.75, 3.05) is 6.61 Å². The highest BCUT2D eigenvalue weighted by Gasteiger charge is 2.31. The Hall–Kier alpha value is -0.950. The van der Waals surface area contributed by atoms with E-state index >= 15 is 0 Å². The van der Waals surface area contributed by atoms with Gasteiger partial charge in [0.25, 0.3) is 0 Å². The summed E-state index contributed by atoms with van der Waals surface area (Å²) in [6.07, 6.45) is 63.8. The monoisotopic (exact) mass is 920 g/mol. The van der Waals surface area contributed by atoms with Crippen LogP contribution in [0.2, 0.25) is 0 Å². The third kappa shape index (κ3) is 47.9. The van der Waals surface area contributed by atoms with Crippen LogP contribution in [0.25, 0.3) is 0 Å². The Bertz CT molecular complexity index is 944. The number of aliphatic hydroxyl groups excluding tert-OH is 4. The Morgan fingerprint density at radius 3 is 0.923 bits per heavy atom. The van der Waals surface area contributed by atoms with E-state index in [4.69, 9.17) is 0 Å². The first-order valence-electron chi connectivity index (χ1n) is 29.6. The molecule has 0 heterocycles. The fourth-order valence-electron chi connectivity index (χ4n) is 9.59. The molecule has 1 amide bonds. The molecule has 4 unspecified atom stereocenters. The van der Waals surface area contributed by atoms with Crippen molar-refractivity contribution in [2.45, 2.75) is 353 Å². The van der Waals surface area contributed by atoms with E-state index in [2.05, 4.69) is 31.3 Å². The molecular weight excluding hydrogens is 803 g/mol. The SMILES string of the molecule is CCCCCCCCCCCCCCCCCC=CCCCCC(=O)NC(CO)C(O)C(O)C(O)CCCCCCCCCCCCCCCCCCCCCCCCCCCCCC. The molecule has 65 heavy (non-hydrogen) atoms. The van der Waals surface area contributed by atoms with E-state index in [-0.39, 0.29) is 5.91 Å². The molecule has 4 atom stereocenters. The maximum absolute atomic E-state index is 12.5. The summed E-state index contributed by atoms with van der Waals surface area (Å²) in [6.45, 7) is 4.09. The first kappa shape index (κ1) is 64.0. The Labute approximate surface area is 406 Å². The molecule has 0 aromatic carbocycles. The van der Waals surface area contributed by atoms with Gasteiger partial charge in [0, 0.05) is 6.42 Å². The molecule has 0 aliphatic carbocycles. The summed E-state index contributed by atoms with van der Waals surface area (Å²) in [5, 5.41) is 44.3. The van der Waals surface area contributed by atoms with Crippen molar-refractivity contribution < 1.29 is 25.2 Å². The van der Waals surface area contributed by atoms with Crippen molar-refractivity contribution in [3.63, 3.8) is 0 Å². The Kier molecular flexibility index (Phi) is 53.2. The van der Waals surface area contributed by atoms with E-state index in [0.717, 1.165) is 44.9 Å². The Balaban J connectivity index is 3.59. The number of carbonyl (C=O) groups excluding carboxylic acids is 1. The zero-order chi connectivity index (χ0) is 47.4. The van der Waals surface area contributed by atoms with Crippen LogP contribution in [0.5, 0.6) is 0 Å². The van der Waals surface area contributed by atoms with Crippen LogP contribution in [0.15, 0.2) is 12.2 Å². The van der Waals surface area contributed by atoms with Gasteiger partial charge >= 0.3 is 0 Å². The molecule has 0 spiro atoms. The third-order valence-electron chi connectivity index (χ3n) is 14.2. The highest BCUT2D eigenvalue weighted by molar-refractivity contribution is 5.76. The number of allylic oxidation sites excluding steroid dienone is 2. The molecule has 0 bridgehead atoms. The molecule has 0 radical (unpaired) electrons. The van der Waals surface area contributed by atoms with Crippen molar-refractivity contribution in [1.82, 2.24) is 5.32 Å². The first-order valence-corrected chi connectivity index (χ1v) is 29.6. The lowest BCUT2D eigenvalue weighted by molar-refractivity contribution is -0.126. The highest BCUT2D eigenvalue weighted by atomic mass is 16.4. The molecule has 0 aliphatic heterocycles. The maximum atomic E-state index is 12.5. The third-order valence-corrected chi connectivity index (χ3v) is 14.2. The van der Waals surface area contributed by atoms with Crippen molar-refractivity contribution in [2.24, 2.45) is 0 Å². The summed E-state index contributed by atoms with van der Waals surface area (Å²) in [6, 6.07) is -0.995. The van der Waals surface area contributed by atoms with Crippen molar-refractivity contribution >= 4 is 5.91 Å². The molecule has 5 N–H and O–H groups in total. The van der Waals surface area contributed by atoms with Crippen LogP contribution in [-0.4, -0.2) is 57.3 Å². The molecule has 6 heteroatoms. The second-order valence-corrected chi connectivity index (χ2v) is 20.7. The topological polar surface area (TPSA) is 110 Å². The summed E-state index contributed by atoms with van der Waals surface area (Å²) in [7, 11) is 0. The minimum atomic E-state index is -1.42. The van der Waals surface area contributed by atoms with Gasteiger partial charge in [-0.15, -0.1) is 0 Å². The molecule has 0 rings (SSSR count). The number of unbranched alkanes of at least 4 members (excludes halogenated alkanes) is 44. The van der Waals surface area contributed by atoms with Gasteiger partial charge < -0.3 is 25.7 Å². The van der Waals surface area contributed by atoms with Gasteiger partial charge in [-0.1, -0.05) is 296 Å². The number of hydrogen-bond acceptors (Lipinski definition) is 5. The van der Waals surface area contributed by atoms with Gasteiger partial charge in [0.15, 0.2) is 0 Å². The van der Waals surface area contributed by atoms with E-state index < -0.39 is 31.0 Å². The van der Waals surface area contributed by atoms with Crippen LogP contribution < -0.4 is 5.32 Å². The zero-order valence-corrected chi connectivity index (χ0v) is 44.0. The van der Waals surface area contributed by atoms with E-state index in [1.807, 2.05) is 0 Å². The normalized spacial score (nSPS) is 13.8. The predicted octanol–water partition coefficient (Wildman–Crippen LogP) is 17.3. The molecule has 0 fully saturated rings. The van der Waals surface area contributed by atoms with Crippen LogP contribution >= 0.6 is 0 Å². The molecule has 0 saturated carbocycles. The molecule has 0 saturated heterocycles. The molecular formula is C59H117NO5. The largest absolute Gasteiger partial charge is 0.394 e. The summed E-state index contributed by atoms with van der Waals surface area (Å²) >= 11 is 0. The van der Waals surface area contributed by atoms with Gasteiger partial charge in [-0.25, -0.2) is 0 Å². The number of amides is 1. The Morgan fingerprint density at radius 2 is 0.631 bits per heavy atom. The first-order chi connectivity index (χ1) is 32.0. The fraction of sp³-hybridized carbons (Fsp3) is 0.949. The number of hydrogen-bond donors (Lipinski definition) is 5. The number of carbonyl (C=O) groups is 1. The van der Waals surface area contributed by atoms with E-state index in [1.165, 1.54) is 257 Å². The predicted molar refractivity (Wildman–Crippen MR) is 284 cm³/mol. The van der Waals surface area contributed by atoms with E-state index in [0.29, 0.717) is 12.8 Å². The Morgan fingerprint density at radius 1 is 0.369 bits per heavy atom. The van der Waals surface area contributed by atoms with Gasteiger partial charge in [0.05, 0.1) is 18.8 Å². The highest BCUT2D eigenvalue weighted by Crippen LogP contribution is 2.19. The smallest absolute Gasteiger partial charge is 0.220 e.